The van der Waals surface area contributed by atoms with Gasteiger partial charge < -0.3 is 14.4 Å². The Morgan fingerprint density at radius 2 is 0.659 bits per heavy atom. The van der Waals surface area contributed by atoms with Crippen LogP contribution >= 0.6 is 0 Å². The number of benzene rings is 12. The van der Waals surface area contributed by atoms with E-state index >= 15 is 0 Å². The van der Waals surface area contributed by atoms with Crippen LogP contribution in [0.4, 0.5) is 34.1 Å². The Bertz CT molecular complexity index is 4710. The molecule has 12 aromatic carbocycles. The van der Waals surface area contributed by atoms with Gasteiger partial charge in [0.2, 0.25) is 5.95 Å². The molecule has 0 saturated heterocycles. The molecule has 0 aliphatic carbocycles. The van der Waals surface area contributed by atoms with Crippen LogP contribution in [0.2, 0.25) is 0 Å². The van der Waals surface area contributed by atoms with Crippen molar-refractivity contribution in [3.8, 4) is 56.4 Å². The Kier molecular flexibility index (Phi) is 12.1. The van der Waals surface area contributed by atoms with Gasteiger partial charge >= 0.3 is 0 Å². The van der Waals surface area contributed by atoms with Gasteiger partial charge in [-0.2, -0.15) is 0 Å². The predicted molar refractivity (Wildman–Crippen MR) is 342 cm³/mol. The zero-order valence-electron chi connectivity index (χ0n) is 44.7. The summed E-state index contributed by atoms with van der Waals surface area (Å²) in [6.07, 6.45) is 0. The summed E-state index contributed by atoms with van der Waals surface area (Å²) in [5, 5.41) is 4.56. The molecule has 6 nitrogen and oxygen atoms in total. The summed E-state index contributed by atoms with van der Waals surface area (Å²) in [6.45, 7) is 0. The topological polar surface area (TPSA) is 42.1 Å². The van der Waals surface area contributed by atoms with Crippen LogP contribution in [0.1, 0.15) is 0 Å². The molecule has 3 heterocycles. The van der Waals surface area contributed by atoms with Gasteiger partial charge in [-0.3, -0.25) is 4.57 Å². The minimum absolute atomic E-state index is 0.580. The Morgan fingerprint density at radius 1 is 0.232 bits per heavy atom. The normalized spacial score (nSPS) is 11.4. The van der Waals surface area contributed by atoms with E-state index in [1.165, 1.54) is 10.8 Å². The van der Waals surface area contributed by atoms with Crippen LogP contribution in [0, 0.1) is 0 Å². The Hall–Kier alpha value is -11.1. The molecule has 0 fully saturated rings. The van der Waals surface area contributed by atoms with Crippen molar-refractivity contribution in [3.05, 3.63) is 315 Å². The molecule has 6 heteroatoms. The first-order valence-electron chi connectivity index (χ1n) is 27.8. The smallest absolute Gasteiger partial charge is 0.235 e. The summed E-state index contributed by atoms with van der Waals surface area (Å²) in [6, 6.07) is 112. The van der Waals surface area contributed by atoms with Crippen LogP contribution in [0.3, 0.4) is 0 Å². The number of hydrogen-bond acceptors (Lipinski definition) is 4. The number of rotatable bonds is 12. The van der Waals surface area contributed by atoms with Gasteiger partial charge in [0.15, 0.2) is 0 Å². The maximum absolute atomic E-state index is 5.67. The fourth-order valence-corrected chi connectivity index (χ4v) is 12.0. The average molecular weight is 1050 g/mol. The number of anilines is 6. The number of para-hydroxylation sites is 6. The molecule has 0 radical (unpaired) electrons. The van der Waals surface area contributed by atoms with E-state index in [1.807, 2.05) is 0 Å². The van der Waals surface area contributed by atoms with Gasteiger partial charge in [-0.1, -0.05) is 194 Å². The van der Waals surface area contributed by atoms with Crippen LogP contribution in [-0.2, 0) is 0 Å². The average Bonchev–Trinajstić information content (AvgIpc) is 4.27. The van der Waals surface area contributed by atoms with Crippen LogP contribution in [0.25, 0.3) is 100 Å². The van der Waals surface area contributed by atoms with E-state index in [0.29, 0.717) is 5.95 Å². The third-order valence-electron chi connectivity index (χ3n) is 15.7. The first kappa shape index (κ1) is 48.1. The SMILES string of the molecule is c1ccc(-c2ccc(-c3cc(-c4cccc(-n5c6ccccc6c6cc(N(c7ccccc7)c7ccccc7)ccc65)c4)nc(-n4c5ccccc5c5cc(N(c6ccccc6)c6ccccc6)ccc54)n3)c(-c3ccccc3)c2)cc1. The summed E-state index contributed by atoms with van der Waals surface area (Å²) in [7, 11) is 0. The molecule has 0 bridgehead atoms. The zero-order chi connectivity index (χ0) is 54.3. The maximum atomic E-state index is 5.67. The second-order valence-corrected chi connectivity index (χ2v) is 20.6. The molecule has 0 aliphatic rings. The molecule has 0 saturated carbocycles. The third kappa shape index (κ3) is 8.63. The van der Waals surface area contributed by atoms with Crippen molar-refractivity contribution in [2.24, 2.45) is 0 Å². The number of fused-ring (bicyclic) bond motifs is 6. The lowest BCUT2D eigenvalue weighted by Crippen LogP contribution is -2.09. The quantitative estimate of drug-likeness (QED) is 0.122. The highest BCUT2D eigenvalue weighted by Crippen LogP contribution is 2.44. The highest BCUT2D eigenvalue weighted by molar-refractivity contribution is 6.12. The Labute approximate surface area is 476 Å². The molecule has 0 spiro atoms. The van der Waals surface area contributed by atoms with E-state index in [1.54, 1.807) is 0 Å². The number of aromatic nitrogens is 4. The molecular weight excluding hydrogens is 997 g/mol. The lowest BCUT2D eigenvalue weighted by molar-refractivity contribution is 0.995. The van der Waals surface area contributed by atoms with Gasteiger partial charge in [-0.25, -0.2) is 9.97 Å². The van der Waals surface area contributed by atoms with Crippen molar-refractivity contribution >= 4 is 77.7 Å². The second-order valence-electron chi connectivity index (χ2n) is 20.6. The van der Waals surface area contributed by atoms with Crippen molar-refractivity contribution in [2.75, 3.05) is 9.80 Å². The molecule has 15 rings (SSSR count). The molecule has 0 N–H and O–H groups in total. The first-order chi connectivity index (χ1) is 40.7. The van der Waals surface area contributed by atoms with Crippen molar-refractivity contribution in [1.82, 2.24) is 19.1 Å². The number of nitrogens with zero attached hydrogens (tertiary/aromatic N) is 6. The highest BCUT2D eigenvalue weighted by Gasteiger charge is 2.23. The van der Waals surface area contributed by atoms with E-state index in [4.69, 9.17) is 9.97 Å². The van der Waals surface area contributed by atoms with Crippen LogP contribution < -0.4 is 9.80 Å². The highest BCUT2D eigenvalue weighted by atomic mass is 15.2. The molecule has 0 unspecified atom stereocenters. The van der Waals surface area contributed by atoms with Gasteiger partial charge in [0, 0.05) is 72.5 Å². The Balaban J connectivity index is 0.933. The molecule has 0 aliphatic heterocycles. The summed E-state index contributed by atoms with van der Waals surface area (Å²) >= 11 is 0. The van der Waals surface area contributed by atoms with Gasteiger partial charge in [0.25, 0.3) is 0 Å². The fourth-order valence-electron chi connectivity index (χ4n) is 12.0. The van der Waals surface area contributed by atoms with Crippen molar-refractivity contribution in [2.45, 2.75) is 0 Å². The molecule has 15 aromatic rings. The van der Waals surface area contributed by atoms with Gasteiger partial charge in [-0.15, -0.1) is 0 Å². The van der Waals surface area contributed by atoms with E-state index in [0.717, 1.165) is 117 Å². The largest absolute Gasteiger partial charge is 0.310 e. The molecule has 386 valence electrons. The van der Waals surface area contributed by atoms with E-state index in [9.17, 15) is 0 Å². The predicted octanol–water partition coefficient (Wildman–Crippen LogP) is 20.3. The van der Waals surface area contributed by atoms with E-state index in [-0.39, 0.29) is 0 Å². The van der Waals surface area contributed by atoms with Crippen LogP contribution in [-0.4, -0.2) is 19.1 Å². The summed E-state index contributed by atoms with van der Waals surface area (Å²) in [5.41, 5.74) is 19.9. The fraction of sp³-hybridized carbons (Fsp3) is 0. The first-order valence-corrected chi connectivity index (χ1v) is 27.8. The van der Waals surface area contributed by atoms with Gasteiger partial charge in [0.05, 0.1) is 33.5 Å². The summed E-state index contributed by atoms with van der Waals surface area (Å²) in [5.74, 6) is 0.580. The van der Waals surface area contributed by atoms with E-state index in [2.05, 4.69) is 334 Å². The van der Waals surface area contributed by atoms with Crippen molar-refractivity contribution in [1.29, 1.82) is 0 Å². The van der Waals surface area contributed by atoms with Crippen molar-refractivity contribution < 1.29 is 0 Å². The molecule has 0 atom stereocenters. The molecular formula is C76H52N6. The minimum atomic E-state index is 0.580. The number of hydrogen-bond donors (Lipinski definition) is 0. The minimum Gasteiger partial charge on any atom is -0.310 e. The van der Waals surface area contributed by atoms with Gasteiger partial charge in [-0.05, 0) is 144 Å². The third-order valence-corrected chi connectivity index (χ3v) is 15.7. The standard InChI is InChI=1S/C76H52N6/c1-7-24-53(25-8-1)55-42-45-64(67(49-55)54-26-9-2-10-27-54)71-52-70(77-76(78-71)82-73-41-22-20-39-66(73)69-51-63(44-47-75(69)82)80(59-33-15-5-16-34-59)60-35-17-6-18-36-60)56-28-23-37-61(48-56)81-72-40-21-19-38-65(72)68-50-62(43-46-74(68)81)79(57-29-11-3-12-30-57)58-31-13-4-14-32-58/h1-52H. The van der Waals surface area contributed by atoms with Gasteiger partial charge in [0.1, 0.15) is 0 Å². The lowest BCUT2D eigenvalue weighted by atomic mass is 9.92. The zero-order valence-corrected chi connectivity index (χ0v) is 44.7. The summed E-state index contributed by atoms with van der Waals surface area (Å²) in [4.78, 5) is 16.0. The maximum Gasteiger partial charge on any atom is 0.235 e. The molecule has 3 aromatic heterocycles. The lowest BCUT2D eigenvalue weighted by Gasteiger charge is -2.25. The summed E-state index contributed by atoms with van der Waals surface area (Å²) < 4.78 is 4.64. The molecule has 0 amide bonds. The monoisotopic (exact) mass is 1050 g/mol. The van der Waals surface area contributed by atoms with Crippen LogP contribution in [0.5, 0.6) is 0 Å². The molecule has 82 heavy (non-hydrogen) atoms. The van der Waals surface area contributed by atoms with E-state index < -0.39 is 0 Å². The Morgan fingerprint density at radius 3 is 1.20 bits per heavy atom. The second kappa shape index (κ2) is 20.6. The van der Waals surface area contributed by atoms with Crippen molar-refractivity contribution in [3.63, 3.8) is 0 Å². The van der Waals surface area contributed by atoms with Crippen LogP contribution in [0.15, 0.2) is 315 Å².